The summed E-state index contributed by atoms with van der Waals surface area (Å²) in [4.78, 5) is 31.4. The zero-order chi connectivity index (χ0) is 26.1. The van der Waals surface area contributed by atoms with Crippen LogP contribution in [0.4, 0.5) is 4.39 Å². The van der Waals surface area contributed by atoms with Gasteiger partial charge in [0.25, 0.3) is 5.91 Å². The Kier molecular flexibility index (Phi) is 6.55. The lowest BCUT2D eigenvalue weighted by molar-refractivity contribution is 0.0949. The third-order valence-corrected chi connectivity index (χ3v) is 7.53. The number of likely N-dealkylation sites (tertiary alicyclic amines) is 1. The maximum atomic E-state index is 15.3. The predicted octanol–water partition coefficient (Wildman–Crippen LogP) is 5.44. The number of H-pyrrole nitrogens is 1. The fourth-order valence-electron chi connectivity index (χ4n) is 5.32. The van der Waals surface area contributed by atoms with E-state index in [1.54, 1.807) is 42.9 Å². The first-order valence-electron chi connectivity index (χ1n) is 13.0. The Morgan fingerprint density at radius 3 is 2.66 bits per heavy atom. The number of aromatic amines is 1. The predicted molar refractivity (Wildman–Crippen MR) is 147 cm³/mol. The number of piperidine rings is 1. The zero-order valence-corrected chi connectivity index (χ0v) is 21.2. The number of aromatic nitrogens is 4. The summed E-state index contributed by atoms with van der Waals surface area (Å²) in [5.74, 6) is 0.133. The van der Waals surface area contributed by atoms with Gasteiger partial charge in [-0.3, -0.25) is 14.8 Å². The Balaban J connectivity index is 1.26. The molecule has 1 saturated heterocycles. The lowest BCUT2D eigenvalue weighted by atomic mass is 9.94. The standard InChI is InChI=1S/C30H29FN6O/c1-37-13-9-19(10-14-37)8-12-33-30(38)21-6-4-20(5-7-21)27-24(31)17-35-29-28(27)23-15-25(34-18-26(23)36-29)22-3-2-11-32-16-22/h2-7,11,15-19H,8-10,12-14H2,1H3,(H,33,38)(H,35,36). The molecule has 1 aliphatic rings. The number of hydrogen-bond acceptors (Lipinski definition) is 5. The van der Waals surface area contributed by atoms with Crippen molar-refractivity contribution in [2.45, 2.75) is 19.3 Å². The van der Waals surface area contributed by atoms with Crippen molar-refractivity contribution in [2.75, 3.05) is 26.7 Å². The van der Waals surface area contributed by atoms with E-state index >= 15 is 4.39 Å². The molecule has 4 aromatic heterocycles. The Morgan fingerprint density at radius 1 is 1.08 bits per heavy atom. The second kappa shape index (κ2) is 10.3. The van der Waals surface area contributed by atoms with Crippen LogP contribution in [0.5, 0.6) is 0 Å². The Bertz CT molecular complexity index is 1590. The fourth-order valence-corrected chi connectivity index (χ4v) is 5.32. The summed E-state index contributed by atoms with van der Waals surface area (Å²) in [6, 6.07) is 12.8. The SMILES string of the molecule is CN1CCC(CCNC(=O)c2ccc(-c3c(F)cnc4[nH]c5cnc(-c6cccnc6)cc5c34)cc2)CC1. The first-order valence-corrected chi connectivity index (χ1v) is 13.0. The highest BCUT2D eigenvalue weighted by atomic mass is 19.1. The Hall–Kier alpha value is -4.17. The minimum Gasteiger partial charge on any atom is -0.352 e. The first-order chi connectivity index (χ1) is 18.6. The third-order valence-electron chi connectivity index (χ3n) is 7.53. The summed E-state index contributed by atoms with van der Waals surface area (Å²) in [6.07, 6.45) is 9.78. The number of carbonyl (C=O) groups is 1. The highest BCUT2D eigenvalue weighted by Gasteiger charge is 2.19. The molecule has 6 rings (SSSR count). The molecule has 0 unspecified atom stereocenters. The second-order valence-electron chi connectivity index (χ2n) is 10.1. The van der Waals surface area contributed by atoms with Gasteiger partial charge in [0.05, 0.1) is 23.6 Å². The molecule has 0 bridgehead atoms. The van der Waals surface area contributed by atoms with Gasteiger partial charge < -0.3 is 15.2 Å². The summed E-state index contributed by atoms with van der Waals surface area (Å²) in [5.41, 5.74) is 4.65. The van der Waals surface area contributed by atoms with Crippen LogP contribution >= 0.6 is 0 Å². The van der Waals surface area contributed by atoms with Gasteiger partial charge in [0.1, 0.15) is 11.5 Å². The normalized spacial score (nSPS) is 14.8. The molecule has 1 amide bonds. The molecule has 2 N–H and O–H groups in total. The molecule has 0 aliphatic carbocycles. The molecule has 0 atom stereocenters. The molecule has 192 valence electrons. The number of fused-ring (bicyclic) bond motifs is 3. The molecule has 1 aromatic carbocycles. The van der Waals surface area contributed by atoms with Crippen molar-refractivity contribution in [2.24, 2.45) is 5.92 Å². The Labute approximate surface area is 220 Å². The van der Waals surface area contributed by atoms with Crippen LogP contribution in [-0.2, 0) is 0 Å². The maximum absolute atomic E-state index is 15.3. The van der Waals surface area contributed by atoms with Crippen molar-refractivity contribution in [1.82, 2.24) is 30.2 Å². The van der Waals surface area contributed by atoms with Crippen molar-refractivity contribution < 1.29 is 9.18 Å². The van der Waals surface area contributed by atoms with E-state index in [1.807, 2.05) is 18.2 Å². The van der Waals surface area contributed by atoms with E-state index in [4.69, 9.17) is 0 Å². The number of pyridine rings is 3. The fraction of sp³-hybridized carbons (Fsp3) is 0.267. The van der Waals surface area contributed by atoms with Crippen molar-refractivity contribution in [1.29, 1.82) is 0 Å². The van der Waals surface area contributed by atoms with Crippen LogP contribution in [0, 0.1) is 11.7 Å². The average molecular weight is 509 g/mol. The number of carbonyl (C=O) groups excluding carboxylic acids is 1. The van der Waals surface area contributed by atoms with Crippen LogP contribution in [0.25, 0.3) is 44.3 Å². The number of rotatable bonds is 6. The number of hydrogen-bond donors (Lipinski definition) is 2. The summed E-state index contributed by atoms with van der Waals surface area (Å²) < 4.78 is 15.3. The van der Waals surface area contributed by atoms with Gasteiger partial charge in [-0.05, 0) is 81.2 Å². The lowest BCUT2D eigenvalue weighted by Crippen LogP contribution is -2.32. The molecule has 0 spiro atoms. The minimum atomic E-state index is -0.423. The van der Waals surface area contributed by atoms with Crippen LogP contribution in [0.15, 0.2) is 67.3 Å². The minimum absolute atomic E-state index is 0.107. The number of halogens is 1. The molecule has 5 aromatic rings. The van der Waals surface area contributed by atoms with E-state index in [-0.39, 0.29) is 5.91 Å². The van der Waals surface area contributed by atoms with E-state index < -0.39 is 5.82 Å². The van der Waals surface area contributed by atoms with E-state index in [2.05, 4.69) is 37.2 Å². The van der Waals surface area contributed by atoms with Gasteiger partial charge in [0.15, 0.2) is 0 Å². The maximum Gasteiger partial charge on any atom is 0.251 e. The molecule has 7 nitrogen and oxygen atoms in total. The lowest BCUT2D eigenvalue weighted by Gasteiger charge is -2.28. The van der Waals surface area contributed by atoms with Crippen LogP contribution in [-0.4, -0.2) is 57.4 Å². The van der Waals surface area contributed by atoms with Gasteiger partial charge in [-0.25, -0.2) is 9.37 Å². The molecule has 1 aliphatic heterocycles. The van der Waals surface area contributed by atoms with Crippen molar-refractivity contribution in [3.05, 3.63) is 78.6 Å². The van der Waals surface area contributed by atoms with Gasteiger partial charge in [-0.15, -0.1) is 0 Å². The quantitative estimate of drug-likeness (QED) is 0.319. The van der Waals surface area contributed by atoms with E-state index in [9.17, 15) is 4.79 Å². The van der Waals surface area contributed by atoms with Gasteiger partial charge in [-0.1, -0.05) is 12.1 Å². The van der Waals surface area contributed by atoms with Gasteiger partial charge >= 0.3 is 0 Å². The number of nitrogens with zero attached hydrogens (tertiary/aromatic N) is 4. The van der Waals surface area contributed by atoms with Crippen molar-refractivity contribution >= 4 is 27.8 Å². The number of amides is 1. The van der Waals surface area contributed by atoms with Crippen LogP contribution < -0.4 is 5.32 Å². The first kappa shape index (κ1) is 24.2. The molecule has 0 radical (unpaired) electrons. The monoisotopic (exact) mass is 508 g/mol. The van der Waals surface area contributed by atoms with E-state index in [0.717, 1.165) is 41.7 Å². The second-order valence-corrected chi connectivity index (χ2v) is 10.1. The summed E-state index contributed by atoms with van der Waals surface area (Å²) in [6.45, 7) is 2.91. The highest BCUT2D eigenvalue weighted by molar-refractivity contribution is 6.13. The van der Waals surface area contributed by atoms with E-state index in [1.165, 1.54) is 19.0 Å². The molecule has 1 fully saturated rings. The summed E-state index contributed by atoms with van der Waals surface area (Å²) in [7, 11) is 2.15. The molecular formula is C30H29FN6O. The Morgan fingerprint density at radius 2 is 1.89 bits per heavy atom. The molecule has 8 heteroatoms. The number of benzene rings is 1. The molecular weight excluding hydrogens is 479 g/mol. The molecule has 0 saturated carbocycles. The molecule has 5 heterocycles. The van der Waals surface area contributed by atoms with Crippen molar-refractivity contribution in [3.63, 3.8) is 0 Å². The van der Waals surface area contributed by atoms with Crippen LogP contribution in [0.1, 0.15) is 29.6 Å². The average Bonchev–Trinajstić information content (AvgIpc) is 3.32. The zero-order valence-electron chi connectivity index (χ0n) is 21.2. The summed E-state index contributed by atoms with van der Waals surface area (Å²) in [5, 5.41) is 4.55. The van der Waals surface area contributed by atoms with Gasteiger partial charge in [0.2, 0.25) is 0 Å². The van der Waals surface area contributed by atoms with Crippen LogP contribution in [0.3, 0.4) is 0 Å². The largest absolute Gasteiger partial charge is 0.352 e. The summed E-state index contributed by atoms with van der Waals surface area (Å²) >= 11 is 0. The van der Waals surface area contributed by atoms with Gasteiger partial charge in [0, 0.05) is 46.4 Å². The van der Waals surface area contributed by atoms with Gasteiger partial charge in [-0.2, -0.15) is 0 Å². The smallest absolute Gasteiger partial charge is 0.251 e. The highest BCUT2D eigenvalue weighted by Crippen LogP contribution is 2.36. The van der Waals surface area contributed by atoms with Crippen molar-refractivity contribution in [3.8, 4) is 22.4 Å². The van der Waals surface area contributed by atoms with E-state index in [0.29, 0.717) is 40.2 Å². The van der Waals surface area contributed by atoms with Crippen LogP contribution in [0.2, 0.25) is 0 Å². The third kappa shape index (κ3) is 4.75. The topological polar surface area (TPSA) is 86.8 Å². The number of nitrogens with one attached hydrogen (secondary N) is 2. The molecule has 38 heavy (non-hydrogen) atoms.